The normalized spacial score (nSPS) is 11.5. The van der Waals surface area contributed by atoms with Crippen LogP contribution >= 0.6 is 0 Å². The van der Waals surface area contributed by atoms with E-state index >= 15 is 0 Å². The summed E-state index contributed by atoms with van der Waals surface area (Å²) in [5, 5.41) is 2.57. The van der Waals surface area contributed by atoms with E-state index in [2.05, 4.69) is 20.0 Å². The highest BCUT2D eigenvalue weighted by Gasteiger charge is 2.25. The van der Waals surface area contributed by atoms with Gasteiger partial charge in [-0.05, 0) is 56.3 Å². The first-order valence-electron chi connectivity index (χ1n) is 10.8. The van der Waals surface area contributed by atoms with Crippen LogP contribution < -0.4 is 23.8 Å². The number of rotatable bonds is 10. The highest BCUT2D eigenvalue weighted by molar-refractivity contribution is 7.92. The van der Waals surface area contributed by atoms with E-state index < -0.39 is 32.5 Å². The summed E-state index contributed by atoms with van der Waals surface area (Å²) in [7, 11) is -5.02. The number of aromatic nitrogens is 2. The number of hydrogen-bond donors (Lipinski definition) is 2. The zero-order chi connectivity index (χ0) is 27.4. The Morgan fingerprint density at radius 3 is 2.08 bits per heavy atom. The van der Waals surface area contributed by atoms with Crippen molar-refractivity contribution < 1.29 is 31.1 Å². The molecule has 37 heavy (non-hydrogen) atoms. The molecule has 14 heteroatoms. The van der Waals surface area contributed by atoms with E-state index in [-0.39, 0.29) is 28.0 Å². The predicted octanol–water partition coefficient (Wildman–Crippen LogP) is 2.32. The van der Waals surface area contributed by atoms with Crippen LogP contribution in [0, 0.1) is 13.8 Å². The Balaban J connectivity index is 1.76. The van der Waals surface area contributed by atoms with Crippen molar-refractivity contribution in [3.05, 3.63) is 59.9 Å². The molecule has 0 saturated heterocycles. The van der Waals surface area contributed by atoms with Gasteiger partial charge in [0.25, 0.3) is 10.0 Å². The van der Waals surface area contributed by atoms with Crippen molar-refractivity contribution in [3.63, 3.8) is 0 Å². The molecule has 0 aliphatic heterocycles. The SMILES string of the molecule is COc1ccc(N(CC(=O)Nc2ccc(S(=O)(=O)Nc3nc(C)cc(C)n3)cc2)S(C)(=O)=O)c(OC)c1. The van der Waals surface area contributed by atoms with Gasteiger partial charge in [0, 0.05) is 23.1 Å². The molecule has 3 aromatic rings. The Morgan fingerprint density at radius 2 is 1.54 bits per heavy atom. The first kappa shape index (κ1) is 27.7. The van der Waals surface area contributed by atoms with Crippen LogP contribution in [0.15, 0.2) is 53.4 Å². The summed E-state index contributed by atoms with van der Waals surface area (Å²) in [6.45, 7) is 2.90. The fourth-order valence-corrected chi connectivity index (χ4v) is 5.17. The molecule has 0 unspecified atom stereocenters. The minimum absolute atomic E-state index is 0.0512. The van der Waals surface area contributed by atoms with Crippen molar-refractivity contribution in [2.24, 2.45) is 0 Å². The Kier molecular flexibility index (Phi) is 8.23. The number of ether oxygens (including phenoxy) is 2. The Hall–Kier alpha value is -3.91. The summed E-state index contributed by atoms with van der Waals surface area (Å²) in [5.41, 5.74) is 1.64. The molecule has 12 nitrogen and oxygen atoms in total. The molecule has 0 radical (unpaired) electrons. The van der Waals surface area contributed by atoms with Gasteiger partial charge < -0.3 is 14.8 Å². The first-order chi connectivity index (χ1) is 17.3. The number of aryl methyl sites for hydroxylation is 2. The predicted molar refractivity (Wildman–Crippen MR) is 139 cm³/mol. The number of amides is 1. The van der Waals surface area contributed by atoms with Gasteiger partial charge in [0.2, 0.25) is 21.9 Å². The smallest absolute Gasteiger partial charge is 0.264 e. The van der Waals surface area contributed by atoms with Crippen LogP contribution in [0.25, 0.3) is 0 Å². The third-order valence-corrected chi connectivity index (χ3v) is 7.47. The summed E-state index contributed by atoms with van der Waals surface area (Å²) in [6.07, 6.45) is 0.968. The standard InChI is InChI=1S/C23H27N5O7S2/c1-15-12-16(2)25-23(24-15)27-37(32,33)19-9-6-17(7-10-19)26-22(29)14-28(36(5,30)31)20-11-8-18(34-3)13-21(20)35-4/h6-13H,14H2,1-5H3,(H,26,29)(H,24,25,27). The van der Waals surface area contributed by atoms with Gasteiger partial charge >= 0.3 is 0 Å². The summed E-state index contributed by atoms with van der Waals surface area (Å²) in [5.74, 6) is -0.0510. The number of sulfonamides is 2. The number of methoxy groups -OCH3 is 2. The number of anilines is 3. The molecule has 0 bridgehead atoms. The maximum absolute atomic E-state index is 12.7. The van der Waals surface area contributed by atoms with Crippen LogP contribution in [-0.4, -0.2) is 59.7 Å². The fourth-order valence-electron chi connectivity index (χ4n) is 3.37. The second kappa shape index (κ2) is 11.0. The van der Waals surface area contributed by atoms with E-state index in [1.807, 2.05) is 0 Å². The third-order valence-electron chi connectivity index (χ3n) is 5.00. The molecule has 3 rings (SSSR count). The zero-order valence-corrected chi connectivity index (χ0v) is 22.5. The molecule has 0 saturated carbocycles. The van der Waals surface area contributed by atoms with Crippen molar-refractivity contribution >= 4 is 43.3 Å². The number of carbonyl (C=O) groups is 1. The average molecular weight is 550 g/mol. The Bertz CT molecular complexity index is 1490. The van der Waals surface area contributed by atoms with Crippen LogP contribution in [0.2, 0.25) is 0 Å². The molecule has 0 aliphatic rings. The molecule has 0 atom stereocenters. The second-order valence-corrected chi connectivity index (χ2v) is 11.5. The lowest BCUT2D eigenvalue weighted by Gasteiger charge is -2.24. The maximum Gasteiger partial charge on any atom is 0.264 e. The summed E-state index contributed by atoms with van der Waals surface area (Å²) < 4.78 is 64.0. The van der Waals surface area contributed by atoms with Crippen LogP contribution in [-0.2, 0) is 24.8 Å². The van der Waals surface area contributed by atoms with Gasteiger partial charge in [-0.1, -0.05) is 0 Å². The third kappa shape index (κ3) is 7.07. The highest BCUT2D eigenvalue weighted by atomic mass is 32.2. The van der Waals surface area contributed by atoms with Crippen LogP contribution in [0.3, 0.4) is 0 Å². The quantitative estimate of drug-likeness (QED) is 0.387. The summed E-state index contributed by atoms with van der Waals surface area (Å²) >= 11 is 0. The Morgan fingerprint density at radius 1 is 0.919 bits per heavy atom. The van der Waals surface area contributed by atoms with Crippen molar-refractivity contribution in [1.29, 1.82) is 0 Å². The summed E-state index contributed by atoms with van der Waals surface area (Å²) in [4.78, 5) is 20.8. The van der Waals surface area contributed by atoms with Gasteiger partial charge in [-0.25, -0.2) is 31.5 Å². The largest absolute Gasteiger partial charge is 0.497 e. The lowest BCUT2D eigenvalue weighted by atomic mass is 10.2. The molecule has 0 spiro atoms. The number of carbonyl (C=O) groups excluding carboxylic acids is 1. The molecule has 1 heterocycles. The highest BCUT2D eigenvalue weighted by Crippen LogP contribution is 2.33. The van der Waals surface area contributed by atoms with Crippen molar-refractivity contribution in [3.8, 4) is 11.5 Å². The zero-order valence-electron chi connectivity index (χ0n) is 20.8. The van der Waals surface area contributed by atoms with Crippen molar-refractivity contribution in [1.82, 2.24) is 9.97 Å². The van der Waals surface area contributed by atoms with Gasteiger partial charge in [0.15, 0.2) is 0 Å². The van der Waals surface area contributed by atoms with Gasteiger partial charge in [-0.15, -0.1) is 0 Å². The van der Waals surface area contributed by atoms with E-state index in [9.17, 15) is 21.6 Å². The van der Waals surface area contributed by atoms with Gasteiger partial charge in [0.05, 0.1) is 31.1 Å². The molecule has 2 N–H and O–H groups in total. The fraction of sp³-hybridized carbons (Fsp3) is 0.261. The number of nitrogens with one attached hydrogen (secondary N) is 2. The monoisotopic (exact) mass is 549 g/mol. The lowest BCUT2D eigenvalue weighted by molar-refractivity contribution is -0.114. The van der Waals surface area contributed by atoms with Gasteiger partial charge in [-0.2, -0.15) is 0 Å². The second-order valence-electron chi connectivity index (χ2n) is 7.96. The van der Waals surface area contributed by atoms with Crippen LogP contribution in [0.4, 0.5) is 17.3 Å². The number of benzene rings is 2. The van der Waals surface area contributed by atoms with Crippen molar-refractivity contribution in [2.45, 2.75) is 18.7 Å². The van der Waals surface area contributed by atoms with E-state index in [0.717, 1.165) is 10.6 Å². The number of nitrogens with zero attached hydrogens (tertiary/aromatic N) is 3. The lowest BCUT2D eigenvalue weighted by Crippen LogP contribution is -2.37. The van der Waals surface area contributed by atoms with E-state index in [4.69, 9.17) is 9.47 Å². The topological polar surface area (TPSA) is 157 Å². The molecule has 0 fully saturated rings. The van der Waals surface area contributed by atoms with Crippen LogP contribution in [0.1, 0.15) is 11.4 Å². The first-order valence-corrected chi connectivity index (χ1v) is 14.1. The van der Waals surface area contributed by atoms with E-state index in [1.54, 1.807) is 26.0 Å². The molecular weight excluding hydrogens is 522 g/mol. The molecule has 0 aliphatic carbocycles. The van der Waals surface area contributed by atoms with Crippen molar-refractivity contribution in [2.75, 3.05) is 41.4 Å². The molecule has 2 aromatic carbocycles. The molecule has 1 amide bonds. The van der Waals surface area contributed by atoms with Gasteiger partial charge in [0.1, 0.15) is 18.0 Å². The van der Waals surface area contributed by atoms with Gasteiger partial charge in [-0.3, -0.25) is 9.10 Å². The molecular formula is C23H27N5O7S2. The number of hydrogen-bond acceptors (Lipinski definition) is 9. The summed E-state index contributed by atoms with van der Waals surface area (Å²) in [6, 6.07) is 11.6. The van der Waals surface area contributed by atoms with E-state index in [0.29, 0.717) is 17.1 Å². The van der Waals surface area contributed by atoms with E-state index in [1.165, 1.54) is 50.6 Å². The minimum Gasteiger partial charge on any atom is -0.497 e. The van der Waals surface area contributed by atoms with Crippen LogP contribution in [0.5, 0.6) is 11.5 Å². The Labute approximate surface area is 215 Å². The minimum atomic E-state index is -3.98. The average Bonchev–Trinajstić information content (AvgIpc) is 2.81. The maximum atomic E-state index is 12.7. The molecule has 1 aromatic heterocycles. The molecule has 198 valence electrons.